The molecule has 0 aliphatic carbocycles. The first-order chi connectivity index (χ1) is 21.2. The number of aliphatic hydroxyl groups excluding tert-OH is 1. The predicted molar refractivity (Wildman–Crippen MR) is 173 cm³/mol. The number of hydrogen-bond acceptors (Lipinski definition) is 7. The van der Waals surface area contributed by atoms with E-state index in [9.17, 15) is 24.3 Å². The molecule has 9 atom stereocenters. The summed E-state index contributed by atoms with van der Waals surface area (Å²) in [6, 6.07) is 6.77. The molecule has 3 amide bonds. The van der Waals surface area contributed by atoms with Crippen molar-refractivity contribution in [1.29, 1.82) is 0 Å². The van der Waals surface area contributed by atoms with E-state index in [0.29, 0.717) is 18.4 Å². The summed E-state index contributed by atoms with van der Waals surface area (Å²) >= 11 is 3.69. The van der Waals surface area contributed by atoms with Crippen LogP contribution in [0.3, 0.4) is 0 Å². The molecule has 10 nitrogen and oxygen atoms in total. The minimum atomic E-state index is -1.31. The third kappa shape index (κ3) is 6.49. The predicted octanol–water partition coefficient (Wildman–Crippen LogP) is 3.68. The van der Waals surface area contributed by atoms with Crippen molar-refractivity contribution in [2.75, 3.05) is 13.2 Å². The Kier molecular flexibility index (Phi) is 10.7. The lowest BCUT2D eigenvalue weighted by Crippen LogP contribution is -2.61. The normalized spacial score (nSPS) is 29.0. The van der Waals surface area contributed by atoms with Gasteiger partial charge in [0, 0.05) is 23.3 Å². The van der Waals surface area contributed by atoms with Crippen molar-refractivity contribution >= 4 is 39.6 Å². The summed E-state index contributed by atoms with van der Waals surface area (Å²) in [5, 5.41) is 13.1. The number of alkyl halides is 1. The molecule has 0 saturated carbocycles. The van der Waals surface area contributed by atoms with Crippen molar-refractivity contribution in [3.8, 4) is 0 Å². The Balaban J connectivity index is 1.72. The van der Waals surface area contributed by atoms with Gasteiger partial charge in [0.1, 0.15) is 17.7 Å². The number of likely N-dealkylation sites (tertiary alicyclic amines) is 1. The number of rotatable bonds is 13. The molecule has 1 aromatic rings. The smallest absolute Gasteiger partial charge is 0.313 e. The molecule has 0 aromatic heterocycles. The number of esters is 1. The van der Waals surface area contributed by atoms with Gasteiger partial charge in [-0.05, 0) is 53.0 Å². The van der Waals surface area contributed by atoms with E-state index >= 15 is 0 Å². The fraction of sp³-hybridized carbons (Fsp3) is 0.588. The van der Waals surface area contributed by atoms with E-state index in [-0.39, 0.29) is 36.2 Å². The zero-order chi connectivity index (χ0) is 33.3. The summed E-state index contributed by atoms with van der Waals surface area (Å²) in [6.07, 6.45) is 2.82. The Morgan fingerprint density at radius 2 is 1.89 bits per heavy atom. The molecule has 3 aliphatic rings. The largest absolute Gasteiger partial charge is 0.455 e. The first kappa shape index (κ1) is 34.8. The van der Waals surface area contributed by atoms with Crippen LogP contribution in [0.25, 0.3) is 0 Å². The average Bonchev–Trinajstić information content (AvgIpc) is 3.59. The molecule has 3 saturated heterocycles. The first-order valence-electron chi connectivity index (χ1n) is 15.6. The minimum Gasteiger partial charge on any atom is -0.455 e. The summed E-state index contributed by atoms with van der Waals surface area (Å²) in [4.78, 5) is 58.4. The number of allylic oxidation sites excluding steroid dienone is 1. The molecule has 3 fully saturated rings. The van der Waals surface area contributed by atoms with Gasteiger partial charge in [0.15, 0.2) is 0 Å². The third-order valence-corrected chi connectivity index (χ3v) is 9.99. The number of carbonyl (C=O) groups excluding carboxylic acids is 4. The monoisotopic (exact) mass is 687 g/mol. The van der Waals surface area contributed by atoms with Gasteiger partial charge in [-0.15, -0.1) is 13.2 Å². The average molecular weight is 689 g/mol. The third-order valence-electron chi connectivity index (χ3n) is 9.15. The molecule has 3 heterocycles. The van der Waals surface area contributed by atoms with Gasteiger partial charge in [-0.3, -0.25) is 19.2 Å². The highest BCUT2D eigenvalue weighted by Crippen LogP contribution is 2.61. The van der Waals surface area contributed by atoms with Gasteiger partial charge in [0.2, 0.25) is 17.7 Å². The fourth-order valence-corrected chi connectivity index (χ4v) is 8.03. The zero-order valence-electron chi connectivity index (χ0n) is 26.8. The highest BCUT2D eigenvalue weighted by molar-refractivity contribution is 9.09. The Morgan fingerprint density at radius 1 is 1.22 bits per heavy atom. The van der Waals surface area contributed by atoms with Crippen molar-refractivity contribution in [1.82, 2.24) is 15.1 Å². The van der Waals surface area contributed by atoms with E-state index in [1.165, 1.54) is 4.90 Å². The number of carbonyl (C=O) groups is 4. The maximum Gasteiger partial charge on any atom is 0.313 e. The van der Waals surface area contributed by atoms with Crippen molar-refractivity contribution in [2.24, 2.45) is 11.8 Å². The van der Waals surface area contributed by atoms with Crippen LogP contribution in [0.5, 0.6) is 0 Å². The summed E-state index contributed by atoms with van der Waals surface area (Å²) in [7, 11) is 0. The molecular formula is C34H46BrN3O7. The molecular weight excluding hydrogens is 642 g/mol. The lowest BCUT2D eigenvalue weighted by atomic mass is 9.70. The molecule has 2 bridgehead atoms. The quantitative estimate of drug-likeness (QED) is 0.184. The molecule has 2 N–H and O–H groups in total. The maximum atomic E-state index is 14.4. The Hall–Kier alpha value is -3.02. The highest BCUT2D eigenvalue weighted by Gasteiger charge is 2.77. The fourth-order valence-electron chi connectivity index (χ4n) is 7.09. The van der Waals surface area contributed by atoms with E-state index in [1.54, 1.807) is 30.9 Å². The number of nitrogens with zero attached hydrogens (tertiary/aromatic N) is 2. The van der Waals surface area contributed by atoms with Crippen LogP contribution in [0.4, 0.5) is 0 Å². The van der Waals surface area contributed by atoms with Gasteiger partial charge in [0.05, 0.1) is 36.6 Å². The standard InChI is InChI=1S/C34H46BrN3O7/c1-8-10-16-24(40)36-21(4)27(22-14-12-11-13-15-22)44-32(43)25-26-30(41)38(20(3)19-39)29(34(26)18-23(35)28(25)45-34)31(42)37(17-9-2)33(5,6)7/h8-9,11-15,20-21,23,25-29,39H,1-2,10,16-19H2,3-7H3,(H,36,40)/t20-,21-,23?,25+,26-,27-,28+,29+,34-/m1/s1. The molecule has 1 unspecified atom stereocenters. The molecule has 4 rings (SSSR count). The molecule has 246 valence electrons. The lowest BCUT2D eigenvalue weighted by Gasteiger charge is -2.43. The SMILES string of the molecule is C=CCCC(=O)N[C@H](C)[C@@H](OC(=O)[C@@H]1[C@H]2O[C@@]3(CC2Br)[C@H](C(=O)N(CC=C)C(C)(C)C)N([C@H](C)CO)C(=O)[C@@H]13)c1ccccc1. The number of fused-ring (bicyclic) bond motifs is 1. The van der Waals surface area contributed by atoms with Crippen LogP contribution >= 0.6 is 15.9 Å². The topological polar surface area (TPSA) is 125 Å². The van der Waals surface area contributed by atoms with E-state index in [1.807, 2.05) is 51.1 Å². The molecule has 1 spiro atoms. The van der Waals surface area contributed by atoms with Crippen LogP contribution in [0.15, 0.2) is 55.6 Å². The van der Waals surface area contributed by atoms with E-state index in [2.05, 4.69) is 34.4 Å². The van der Waals surface area contributed by atoms with E-state index in [4.69, 9.17) is 9.47 Å². The van der Waals surface area contributed by atoms with Crippen LogP contribution in [0.1, 0.15) is 65.5 Å². The second-order valence-electron chi connectivity index (χ2n) is 13.3. The lowest BCUT2D eigenvalue weighted by molar-refractivity contribution is -0.162. The minimum absolute atomic E-state index is 0.203. The number of nitrogens with one attached hydrogen (secondary N) is 1. The van der Waals surface area contributed by atoms with Gasteiger partial charge in [0.25, 0.3) is 0 Å². The van der Waals surface area contributed by atoms with Crippen LogP contribution in [-0.2, 0) is 28.7 Å². The molecule has 3 aliphatic heterocycles. The van der Waals surface area contributed by atoms with Crippen molar-refractivity contribution in [3.05, 3.63) is 61.2 Å². The number of halogens is 1. The second-order valence-corrected chi connectivity index (χ2v) is 14.5. The molecule has 45 heavy (non-hydrogen) atoms. The second kappa shape index (κ2) is 13.8. The Bertz CT molecular complexity index is 1300. The maximum absolute atomic E-state index is 14.4. The van der Waals surface area contributed by atoms with Crippen molar-refractivity contribution in [2.45, 2.75) is 100 Å². The zero-order valence-corrected chi connectivity index (χ0v) is 28.4. The van der Waals surface area contributed by atoms with Crippen LogP contribution in [-0.4, -0.2) is 91.9 Å². The summed E-state index contributed by atoms with van der Waals surface area (Å²) in [5.41, 5.74) is -1.23. The van der Waals surface area contributed by atoms with Gasteiger partial charge in [-0.25, -0.2) is 0 Å². The first-order valence-corrected chi connectivity index (χ1v) is 16.5. The van der Waals surface area contributed by atoms with Gasteiger partial charge in [-0.1, -0.05) is 58.4 Å². The van der Waals surface area contributed by atoms with E-state index in [0.717, 1.165) is 0 Å². The number of aliphatic hydroxyl groups is 1. The number of benzene rings is 1. The van der Waals surface area contributed by atoms with Gasteiger partial charge >= 0.3 is 5.97 Å². The molecule has 1 aromatic carbocycles. The molecule has 11 heteroatoms. The van der Waals surface area contributed by atoms with Gasteiger partial charge in [-0.2, -0.15) is 0 Å². The summed E-state index contributed by atoms with van der Waals surface area (Å²) in [5.74, 6) is -3.61. The van der Waals surface area contributed by atoms with Crippen LogP contribution < -0.4 is 5.32 Å². The van der Waals surface area contributed by atoms with E-state index < -0.39 is 65.2 Å². The number of hydrogen-bond donors (Lipinski definition) is 2. The summed E-state index contributed by atoms with van der Waals surface area (Å²) < 4.78 is 12.8. The highest BCUT2D eigenvalue weighted by atomic mass is 79.9. The summed E-state index contributed by atoms with van der Waals surface area (Å²) in [6.45, 7) is 16.5. The van der Waals surface area contributed by atoms with Crippen molar-refractivity contribution in [3.63, 3.8) is 0 Å². The Labute approximate surface area is 274 Å². The van der Waals surface area contributed by atoms with Gasteiger partial charge < -0.3 is 29.7 Å². The Morgan fingerprint density at radius 3 is 2.47 bits per heavy atom. The van der Waals surface area contributed by atoms with Crippen LogP contribution in [0, 0.1) is 11.8 Å². The number of ether oxygens (including phenoxy) is 2. The molecule has 0 radical (unpaired) electrons. The number of amides is 3. The van der Waals surface area contributed by atoms with Crippen LogP contribution in [0.2, 0.25) is 0 Å². The van der Waals surface area contributed by atoms with Crippen molar-refractivity contribution < 1.29 is 33.8 Å².